The summed E-state index contributed by atoms with van der Waals surface area (Å²) < 4.78 is 5.61. The number of amides is 2. The van der Waals surface area contributed by atoms with E-state index in [9.17, 15) is 14.4 Å². The van der Waals surface area contributed by atoms with E-state index in [1.807, 2.05) is 38.1 Å². The van der Waals surface area contributed by atoms with Crippen LogP contribution in [0.25, 0.3) is 11.1 Å². The molecule has 3 N–H and O–H groups in total. The lowest BCUT2D eigenvalue weighted by Crippen LogP contribution is -2.48. The topological polar surface area (TPSA) is 105 Å². The van der Waals surface area contributed by atoms with Gasteiger partial charge in [0.15, 0.2) is 0 Å². The molecule has 34 heavy (non-hydrogen) atoms. The Labute approximate surface area is 199 Å². The number of hydrogen-bond donors (Lipinski definition) is 3. The molecule has 0 aromatic heterocycles. The van der Waals surface area contributed by atoms with Crippen molar-refractivity contribution in [2.45, 2.75) is 45.1 Å². The van der Waals surface area contributed by atoms with E-state index in [2.05, 4.69) is 34.9 Å². The second-order valence-corrected chi connectivity index (χ2v) is 9.46. The Morgan fingerprint density at radius 1 is 1.06 bits per heavy atom. The van der Waals surface area contributed by atoms with Gasteiger partial charge in [-0.15, -0.1) is 0 Å². The maximum atomic E-state index is 12.8. The van der Waals surface area contributed by atoms with Gasteiger partial charge >= 0.3 is 12.1 Å². The summed E-state index contributed by atoms with van der Waals surface area (Å²) in [6.07, 6.45) is 1.31. The molecule has 0 heterocycles. The second kappa shape index (κ2) is 10.3. The van der Waals surface area contributed by atoms with Crippen molar-refractivity contribution in [2.75, 3.05) is 13.2 Å². The number of ether oxygens (including phenoxy) is 1. The average Bonchev–Trinajstić information content (AvgIpc) is 3.56. The van der Waals surface area contributed by atoms with Crippen molar-refractivity contribution in [1.29, 1.82) is 0 Å². The highest BCUT2D eigenvalue weighted by Gasteiger charge is 2.43. The normalized spacial score (nSPS) is 19.9. The van der Waals surface area contributed by atoms with Gasteiger partial charge in [-0.05, 0) is 46.9 Å². The SMILES string of the molecule is CCC(C)CC(NC(=O)OCC1c2ccccc2-c2ccccc21)C(=O)NCC1CC1C(=O)O. The maximum absolute atomic E-state index is 12.8. The minimum absolute atomic E-state index is 0.0415. The van der Waals surface area contributed by atoms with E-state index in [4.69, 9.17) is 9.84 Å². The number of carbonyl (C=O) groups is 3. The molecule has 7 nitrogen and oxygen atoms in total. The summed E-state index contributed by atoms with van der Waals surface area (Å²) in [5.74, 6) is -1.37. The molecule has 0 bridgehead atoms. The highest BCUT2D eigenvalue weighted by atomic mass is 16.5. The summed E-state index contributed by atoms with van der Waals surface area (Å²) in [6.45, 7) is 4.55. The third-order valence-electron chi connectivity index (χ3n) is 7.07. The highest BCUT2D eigenvalue weighted by molar-refractivity contribution is 5.86. The van der Waals surface area contributed by atoms with E-state index in [-0.39, 0.29) is 36.2 Å². The molecule has 180 valence electrons. The quantitative estimate of drug-likeness (QED) is 0.490. The lowest BCUT2D eigenvalue weighted by Gasteiger charge is -2.22. The summed E-state index contributed by atoms with van der Waals surface area (Å²) in [5, 5.41) is 14.6. The van der Waals surface area contributed by atoms with Crippen LogP contribution >= 0.6 is 0 Å². The van der Waals surface area contributed by atoms with E-state index >= 15 is 0 Å². The number of nitrogens with one attached hydrogen (secondary N) is 2. The first-order valence-corrected chi connectivity index (χ1v) is 12.0. The van der Waals surface area contributed by atoms with Crippen LogP contribution in [0.1, 0.15) is 50.2 Å². The number of aliphatic carboxylic acids is 1. The summed E-state index contributed by atoms with van der Waals surface area (Å²) in [4.78, 5) is 36.5. The predicted octanol–water partition coefficient (Wildman–Crippen LogP) is 4.17. The van der Waals surface area contributed by atoms with E-state index in [0.29, 0.717) is 19.4 Å². The van der Waals surface area contributed by atoms with Gasteiger partial charge in [0.1, 0.15) is 12.6 Å². The zero-order chi connectivity index (χ0) is 24.2. The van der Waals surface area contributed by atoms with Gasteiger partial charge in [-0.1, -0.05) is 68.8 Å². The molecule has 2 amide bonds. The van der Waals surface area contributed by atoms with Crippen molar-refractivity contribution >= 4 is 18.0 Å². The van der Waals surface area contributed by atoms with Crippen molar-refractivity contribution in [3.05, 3.63) is 59.7 Å². The largest absolute Gasteiger partial charge is 0.481 e. The van der Waals surface area contributed by atoms with Crippen molar-refractivity contribution in [3.8, 4) is 11.1 Å². The van der Waals surface area contributed by atoms with Gasteiger partial charge in [-0.3, -0.25) is 9.59 Å². The van der Waals surface area contributed by atoms with E-state index in [0.717, 1.165) is 28.7 Å². The van der Waals surface area contributed by atoms with Gasteiger partial charge in [0.05, 0.1) is 5.92 Å². The third kappa shape index (κ3) is 5.24. The first kappa shape index (κ1) is 23.8. The van der Waals surface area contributed by atoms with Gasteiger partial charge in [0, 0.05) is 12.5 Å². The van der Waals surface area contributed by atoms with Crippen LogP contribution < -0.4 is 10.6 Å². The van der Waals surface area contributed by atoms with E-state index in [1.54, 1.807) is 0 Å². The van der Waals surface area contributed by atoms with Crippen molar-refractivity contribution < 1.29 is 24.2 Å². The van der Waals surface area contributed by atoms with E-state index in [1.165, 1.54) is 0 Å². The van der Waals surface area contributed by atoms with Gasteiger partial charge in [-0.25, -0.2) is 4.79 Å². The van der Waals surface area contributed by atoms with Crippen molar-refractivity contribution in [3.63, 3.8) is 0 Å². The Kier molecular flexibility index (Phi) is 7.20. The molecule has 7 heteroatoms. The molecule has 0 saturated heterocycles. The fourth-order valence-electron chi connectivity index (χ4n) is 4.71. The molecule has 2 aromatic rings. The van der Waals surface area contributed by atoms with Crippen LogP contribution in [-0.4, -0.2) is 42.3 Å². The van der Waals surface area contributed by atoms with Crippen molar-refractivity contribution in [2.24, 2.45) is 17.8 Å². The fraction of sp³-hybridized carbons (Fsp3) is 0.444. The molecule has 4 atom stereocenters. The number of rotatable bonds is 10. The number of fused-ring (bicyclic) bond motifs is 3. The summed E-state index contributed by atoms with van der Waals surface area (Å²) >= 11 is 0. The summed E-state index contributed by atoms with van der Waals surface area (Å²) in [6, 6.07) is 15.5. The van der Waals surface area contributed by atoms with Gasteiger partial charge < -0.3 is 20.5 Å². The summed E-state index contributed by atoms with van der Waals surface area (Å²) in [7, 11) is 0. The standard InChI is InChI=1S/C27H32N2O5/c1-3-16(2)12-24(25(30)28-14-17-13-22(17)26(31)32)29-27(33)34-15-23-20-10-6-4-8-18(20)19-9-5-7-11-21(19)23/h4-11,16-17,22-24H,3,12-15H2,1-2H3,(H,28,30)(H,29,33)(H,31,32). The van der Waals surface area contributed by atoms with Gasteiger partial charge in [0.2, 0.25) is 5.91 Å². The summed E-state index contributed by atoms with van der Waals surface area (Å²) in [5.41, 5.74) is 4.56. The predicted molar refractivity (Wildman–Crippen MR) is 128 cm³/mol. The molecule has 2 aliphatic rings. The molecular formula is C27H32N2O5. The number of carbonyl (C=O) groups excluding carboxylic acids is 2. The zero-order valence-electron chi connectivity index (χ0n) is 19.6. The van der Waals surface area contributed by atoms with E-state index < -0.39 is 18.1 Å². The van der Waals surface area contributed by atoms with Crippen LogP contribution in [0.2, 0.25) is 0 Å². The van der Waals surface area contributed by atoms with Crippen LogP contribution in [0, 0.1) is 17.8 Å². The Balaban J connectivity index is 1.36. The molecule has 4 unspecified atom stereocenters. The Bertz CT molecular complexity index is 1020. The minimum Gasteiger partial charge on any atom is -0.481 e. The first-order chi connectivity index (χ1) is 16.4. The third-order valence-corrected chi connectivity index (χ3v) is 7.07. The molecule has 4 rings (SSSR count). The molecule has 1 saturated carbocycles. The molecule has 2 aromatic carbocycles. The van der Waals surface area contributed by atoms with Crippen LogP contribution in [0.3, 0.4) is 0 Å². The Morgan fingerprint density at radius 2 is 1.68 bits per heavy atom. The Hall–Kier alpha value is -3.35. The van der Waals surface area contributed by atoms with Crippen LogP contribution in [0.5, 0.6) is 0 Å². The minimum atomic E-state index is -0.827. The lowest BCUT2D eigenvalue weighted by molar-refractivity contribution is -0.139. The molecule has 0 aliphatic heterocycles. The average molecular weight is 465 g/mol. The van der Waals surface area contributed by atoms with Crippen LogP contribution in [0.4, 0.5) is 4.79 Å². The molecular weight excluding hydrogens is 432 g/mol. The van der Waals surface area contributed by atoms with Crippen molar-refractivity contribution in [1.82, 2.24) is 10.6 Å². The smallest absolute Gasteiger partial charge is 0.407 e. The molecule has 0 radical (unpaired) electrons. The van der Waals surface area contributed by atoms with Gasteiger partial charge in [0.25, 0.3) is 0 Å². The number of hydrogen-bond acceptors (Lipinski definition) is 4. The molecule has 2 aliphatic carbocycles. The van der Waals surface area contributed by atoms with Gasteiger partial charge in [-0.2, -0.15) is 0 Å². The highest BCUT2D eigenvalue weighted by Crippen LogP contribution is 2.44. The van der Waals surface area contributed by atoms with Crippen LogP contribution in [0.15, 0.2) is 48.5 Å². The second-order valence-electron chi connectivity index (χ2n) is 9.46. The lowest BCUT2D eigenvalue weighted by atomic mass is 9.98. The number of carboxylic acids is 1. The number of carboxylic acid groups (broad SMARTS) is 1. The fourth-order valence-corrected chi connectivity index (χ4v) is 4.71. The Morgan fingerprint density at radius 3 is 2.24 bits per heavy atom. The maximum Gasteiger partial charge on any atom is 0.407 e. The molecule has 1 fully saturated rings. The number of alkyl carbamates (subject to hydrolysis) is 1. The van der Waals surface area contributed by atoms with Crippen LogP contribution in [-0.2, 0) is 14.3 Å². The first-order valence-electron chi connectivity index (χ1n) is 12.0. The zero-order valence-corrected chi connectivity index (χ0v) is 19.6. The molecule has 0 spiro atoms. The number of benzene rings is 2. The monoisotopic (exact) mass is 464 g/mol.